The van der Waals surface area contributed by atoms with E-state index < -0.39 is 0 Å². The summed E-state index contributed by atoms with van der Waals surface area (Å²) in [7, 11) is 1.68. The molecule has 20 heavy (non-hydrogen) atoms. The summed E-state index contributed by atoms with van der Waals surface area (Å²) in [5.74, 6) is 0. The average Bonchev–Trinajstić information content (AvgIpc) is 2.87. The van der Waals surface area contributed by atoms with E-state index >= 15 is 0 Å². The summed E-state index contributed by atoms with van der Waals surface area (Å²) in [5.41, 5.74) is 1.08. The van der Waals surface area contributed by atoms with Crippen LogP contribution in [0.1, 0.15) is 15.6 Å². The normalized spacial score (nSPS) is 10.9. The fourth-order valence-corrected chi connectivity index (χ4v) is 2.79. The lowest BCUT2D eigenvalue weighted by Crippen LogP contribution is -2.18. The van der Waals surface area contributed by atoms with Crippen LogP contribution >= 0.6 is 34.5 Å². The largest absolute Gasteiger partial charge is 0.383 e. The van der Waals surface area contributed by atoms with Crippen molar-refractivity contribution in [2.45, 2.75) is 13.0 Å². The van der Waals surface area contributed by atoms with Gasteiger partial charge in [-0.05, 0) is 17.7 Å². The van der Waals surface area contributed by atoms with Crippen LogP contribution in [0.15, 0.2) is 18.2 Å². The van der Waals surface area contributed by atoms with Gasteiger partial charge >= 0.3 is 0 Å². The highest BCUT2D eigenvalue weighted by atomic mass is 35.5. The Bertz CT molecular complexity index is 562. The molecule has 1 aromatic heterocycles. The zero-order valence-corrected chi connectivity index (χ0v) is 13.4. The summed E-state index contributed by atoms with van der Waals surface area (Å²) in [4.78, 5) is 0. The van der Waals surface area contributed by atoms with Crippen molar-refractivity contribution in [3.63, 3.8) is 0 Å². The summed E-state index contributed by atoms with van der Waals surface area (Å²) in [6, 6.07) is 5.61. The quantitative estimate of drug-likeness (QED) is 0.791. The molecule has 108 valence electrons. The number of aromatic nitrogens is 2. The van der Waals surface area contributed by atoms with Crippen LogP contribution in [0.2, 0.25) is 10.0 Å². The van der Waals surface area contributed by atoms with Gasteiger partial charge in [-0.25, -0.2) is 0 Å². The Balaban J connectivity index is 1.90. The predicted octanol–water partition coefficient (Wildman–Crippen LogP) is 3.17. The highest BCUT2D eigenvalue weighted by Crippen LogP contribution is 2.24. The van der Waals surface area contributed by atoms with Crippen LogP contribution in [0.25, 0.3) is 0 Å². The van der Waals surface area contributed by atoms with E-state index in [9.17, 15) is 0 Å². The van der Waals surface area contributed by atoms with E-state index in [0.29, 0.717) is 29.6 Å². The Hall–Kier alpha value is -0.720. The molecule has 2 rings (SSSR count). The van der Waals surface area contributed by atoms with Gasteiger partial charge in [-0.2, -0.15) is 0 Å². The molecule has 1 heterocycles. The Kier molecular flexibility index (Phi) is 6.19. The summed E-state index contributed by atoms with van der Waals surface area (Å²) in [6.07, 6.45) is 0.715. The maximum absolute atomic E-state index is 6.00. The second kappa shape index (κ2) is 7.90. The summed E-state index contributed by atoms with van der Waals surface area (Å²) in [6.45, 7) is 2.20. The zero-order valence-electron chi connectivity index (χ0n) is 11.0. The van der Waals surface area contributed by atoms with E-state index in [1.807, 2.05) is 12.1 Å². The lowest BCUT2D eigenvalue weighted by Gasteiger charge is -2.00. The lowest BCUT2D eigenvalue weighted by atomic mass is 10.2. The van der Waals surface area contributed by atoms with Crippen LogP contribution in [-0.2, 0) is 17.7 Å². The Morgan fingerprint density at radius 1 is 1.20 bits per heavy atom. The lowest BCUT2D eigenvalue weighted by molar-refractivity contribution is 0.199. The molecule has 0 saturated heterocycles. The second-order valence-corrected chi connectivity index (χ2v) is 6.15. The molecule has 0 aliphatic heterocycles. The fraction of sp³-hybridized carbons (Fsp3) is 0.385. The molecular formula is C13H15Cl2N3OS. The van der Waals surface area contributed by atoms with Crippen molar-refractivity contribution < 1.29 is 4.74 Å². The standard InChI is InChI=1S/C13H15Cl2N3OS/c1-19-5-4-16-8-13-18-17-12(20-13)7-9-2-3-10(14)11(15)6-9/h2-3,6,16H,4-5,7-8H2,1H3. The number of nitrogens with zero attached hydrogens (tertiary/aromatic N) is 2. The van der Waals surface area contributed by atoms with E-state index in [1.165, 1.54) is 0 Å². The smallest absolute Gasteiger partial charge is 0.131 e. The molecule has 0 aliphatic rings. The van der Waals surface area contributed by atoms with E-state index in [4.69, 9.17) is 27.9 Å². The zero-order chi connectivity index (χ0) is 14.4. The van der Waals surface area contributed by atoms with Crippen LogP contribution in [-0.4, -0.2) is 30.5 Å². The SMILES string of the molecule is COCCNCc1nnc(Cc2ccc(Cl)c(Cl)c2)s1. The molecule has 0 radical (unpaired) electrons. The van der Waals surface area contributed by atoms with Gasteiger partial charge in [-0.15, -0.1) is 10.2 Å². The first-order valence-corrected chi connectivity index (χ1v) is 7.71. The first-order valence-electron chi connectivity index (χ1n) is 6.14. The minimum atomic E-state index is 0.565. The number of hydrogen-bond acceptors (Lipinski definition) is 5. The third-order valence-electron chi connectivity index (χ3n) is 2.61. The number of ether oxygens (including phenoxy) is 1. The number of nitrogens with one attached hydrogen (secondary N) is 1. The number of benzene rings is 1. The maximum atomic E-state index is 6.00. The average molecular weight is 332 g/mol. The van der Waals surface area contributed by atoms with E-state index in [-0.39, 0.29) is 0 Å². The fourth-order valence-electron chi connectivity index (χ4n) is 1.63. The van der Waals surface area contributed by atoms with Gasteiger partial charge in [0.05, 0.1) is 16.7 Å². The first kappa shape index (κ1) is 15.7. The van der Waals surface area contributed by atoms with Crippen LogP contribution in [0, 0.1) is 0 Å². The monoisotopic (exact) mass is 331 g/mol. The molecular weight excluding hydrogens is 317 g/mol. The Morgan fingerprint density at radius 2 is 2.00 bits per heavy atom. The van der Waals surface area contributed by atoms with E-state index in [2.05, 4.69) is 15.5 Å². The van der Waals surface area contributed by atoms with Crippen molar-refractivity contribution in [2.75, 3.05) is 20.3 Å². The Morgan fingerprint density at radius 3 is 2.75 bits per heavy atom. The third kappa shape index (κ3) is 4.68. The van der Waals surface area contributed by atoms with Crippen molar-refractivity contribution in [3.8, 4) is 0 Å². The van der Waals surface area contributed by atoms with Gasteiger partial charge < -0.3 is 10.1 Å². The number of hydrogen-bond donors (Lipinski definition) is 1. The minimum absolute atomic E-state index is 0.565. The highest BCUT2D eigenvalue weighted by molar-refractivity contribution is 7.11. The van der Waals surface area contributed by atoms with Crippen molar-refractivity contribution in [3.05, 3.63) is 43.8 Å². The first-order chi connectivity index (χ1) is 9.69. The molecule has 0 aliphatic carbocycles. The number of methoxy groups -OCH3 is 1. The van der Waals surface area contributed by atoms with Gasteiger partial charge in [0.25, 0.3) is 0 Å². The molecule has 0 bridgehead atoms. The predicted molar refractivity (Wildman–Crippen MR) is 82.8 cm³/mol. The van der Waals surface area contributed by atoms with Crippen molar-refractivity contribution in [2.24, 2.45) is 0 Å². The van der Waals surface area contributed by atoms with Crippen LogP contribution in [0.3, 0.4) is 0 Å². The number of rotatable bonds is 7. The van der Waals surface area contributed by atoms with Crippen LogP contribution < -0.4 is 5.32 Å². The summed E-state index contributed by atoms with van der Waals surface area (Å²) in [5, 5.41) is 14.6. The molecule has 0 fully saturated rings. The molecule has 0 amide bonds. The number of halogens is 2. The summed E-state index contributed by atoms with van der Waals surface area (Å²) >= 11 is 13.5. The molecule has 0 spiro atoms. The summed E-state index contributed by atoms with van der Waals surface area (Å²) < 4.78 is 4.97. The van der Waals surface area contributed by atoms with E-state index in [0.717, 1.165) is 22.1 Å². The van der Waals surface area contributed by atoms with Crippen LogP contribution in [0.4, 0.5) is 0 Å². The minimum Gasteiger partial charge on any atom is -0.383 e. The topological polar surface area (TPSA) is 47.0 Å². The van der Waals surface area contributed by atoms with Gasteiger partial charge in [0.2, 0.25) is 0 Å². The maximum Gasteiger partial charge on any atom is 0.131 e. The molecule has 4 nitrogen and oxygen atoms in total. The second-order valence-electron chi connectivity index (χ2n) is 4.18. The Labute approximate surface area is 132 Å². The van der Waals surface area contributed by atoms with Crippen molar-refractivity contribution >= 4 is 34.5 Å². The van der Waals surface area contributed by atoms with Gasteiger partial charge in [0, 0.05) is 26.6 Å². The third-order valence-corrected chi connectivity index (χ3v) is 4.27. The molecule has 1 aromatic carbocycles. The molecule has 0 saturated carbocycles. The van der Waals surface area contributed by atoms with Gasteiger partial charge in [-0.3, -0.25) is 0 Å². The molecule has 1 N–H and O–H groups in total. The van der Waals surface area contributed by atoms with Gasteiger partial charge in [0.15, 0.2) is 0 Å². The van der Waals surface area contributed by atoms with Crippen LogP contribution in [0.5, 0.6) is 0 Å². The molecule has 0 unspecified atom stereocenters. The highest BCUT2D eigenvalue weighted by Gasteiger charge is 2.06. The molecule has 7 heteroatoms. The van der Waals surface area contributed by atoms with Gasteiger partial charge in [0.1, 0.15) is 10.0 Å². The van der Waals surface area contributed by atoms with Crippen molar-refractivity contribution in [1.82, 2.24) is 15.5 Å². The van der Waals surface area contributed by atoms with Gasteiger partial charge in [-0.1, -0.05) is 40.6 Å². The van der Waals surface area contributed by atoms with E-state index in [1.54, 1.807) is 24.5 Å². The molecule has 0 atom stereocenters. The molecule has 2 aromatic rings. The van der Waals surface area contributed by atoms with Crippen molar-refractivity contribution in [1.29, 1.82) is 0 Å².